The summed E-state index contributed by atoms with van der Waals surface area (Å²) in [6, 6.07) is 14.2. The zero-order valence-corrected chi connectivity index (χ0v) is 18.9. The Morgan fingerprint density at radius 3 is 2.67 bits per heavy atom. The summed E-state index contributed by atoms with van der Waals surface area (Å²) in [7, 11) is -3.08. The average molecular weight is 464 g/mol. The van der Waals surface area contributed by atoms with Crippen LogP contribution in [0.1, 0.15) is 12.0 Å². The molecule has 6 nitrogen and oxygen atoms in total. The number of thiazole rings is 1. The second kappa shape index (κ2) is 7.76. The third-order valence-corrected chi connectivity index (χ3v) is 8.31. The lowest BCUT2D eigenvalue weighted by molar-refractivity contribution is 0.184. The number of aromatic nitrogens is 1. The Labute approximate surface area is 185 Å². The van der Waals surface area contributed by atoms with Crippen LogP contribution in [-0.2, 0) is 16.4 Å². The highest BCUT2D eigenvalue weighted by molar-refractivity contribution is 7.88. The van der Waals surface area contributed by atoms with Gasteiger partial charge in [0.1, 0.15) is 5.75 Å². The van der Waals surface area contributed by atoms with Gasteiger partial charge in [0.25, 0.3) is 5.19 Å². The first-order valence-corrected chi connectivity index (χ1v) is 12.9. The Morgan fingerprint density at radius 1 is 1.17 bits per heavy atom. The molecule has 3 heterocycles. The van der Waals surface area contributed by atoms with Crippen LogP contribution in [0.2, 0.25) is 5.02 Å². The van der Waals surface area contributed by atoms with Crippen LogP contribution in [0.5, 0.6) is 10.9 Å². The van der Waals surface area contributed by atoms with E-state index >= 15 is 0 Å². The molecule has 9 heteroatoms. The van der Waals surface area contributed by atoms with E-state index in [4.69, 9.17) is 16.3 Å². The van der Waals surface area contributed by atoms with Gasteiger partial charge in [-0.3, -0.25) is 4.90 Å². The Balaban J connectivity index is 1.17. The molecule has 0 saturated carbocycles. The molecular formula is C21H22ClN3O3S2. The summed E-state index contributed by atoms with van der Waals surface area (Å²) in [5.41, 5.74) is 2.12. The van der Waals surface area contributed by atoms with Crippen LogP contribution in [-0.4, -0.2) is 60.6 Å². The molecule has 5 rings (SSSR count). The maximum atomic E-state index is 11.8. The normalized spacial score (nSPS) is 22.2. The van der Waals surface area contributed by atoms with Gasteiger partial charge in [-0.05, 0) is 48.7 Å². The first kappa shape index (κ1) is 20.2. The van der Waals surface area contributed by atoms with Gasteiger partial charge in [0.2, 0.25) is 10.0 Å². The first-order valence-electron chi connectivity index (χ1n) is 9.89. The molecule has 2 saturated heterocycles. The van der Waals surface area contributed by atoms with E-state index < -0.39 is 10.0 Å². The predicted octanol–water partition coefficient (Wildman–Crippen LogP) is 4.00. The molecule has 0 radical (unpaired) electrons. The van der Waals surface area contributed by atoms with Gasteiger partial charge in [-0.1, -0.05) is 35.1 Å². The Hall–Kier alpha value is -1.71. The predicted molar refractivity (Wildman–Crippen MR) is 120 cm³/mol. The van der Waals surface area contributed by atoms with Crippen molar-refractivity contribution in [3.63, 3.8) is 0 Å². The molecule has 30 heavy (non-hydrogen) atoms. The van der Waals surface area contributed by atoms with Gasteiger partial charge in [0.15, 0.2) is 0 Å². The maximum Gasteiger partial charge on any atom is 0.279 e. The lowest BCUT2D eigenvalue weighted by Crippen LogP contribution is -2.48. The van der Waals surface area contributed by atoms with Crippen molar-refractivity contribution in [1.82, 2.24) is 14.2 Å². The van der Waals surface area contributed by atoms with Crippen LogP contribution in [0.3, 0.4) is 0 Å². The van der Waals surface area contributed by atoms with Crippen LogP contribution in [0.4, 0.5) is 0 Å². The van der Waals surface area contributed by atoms with E-state index in [9.17, 15) is 8.42 Å². The highest BCUT2D eigenvalue weighted by Crippen LogP contribution is 2.34. The number of sulfonamides is 1. The number of nitrogens with zero attached hydrogens (tertiary/aromatic N) is 3. The summed E-state index contributed by atoms with van der Waals surface area (Å²) >= 11 is 7.51. The Kier molecular flexibility index (Phi) is 5.23. The SMILES string of the molecule is CS(=O)(=O)N1C[C@@H]2C[C@H]1CN2CCc1ccc(Oc2nc3ccc(Cl)cc3s2)cc1. The van der Waals surface area contributed by atoms with E-state index in [1.54, 1.807) is 4.31 Å². The number of halogens is 1. The zero-order valence-electron chi connectivity index (χ0n) is 16.5. The highest BCUT2D eigenvalue weighted by Gasteiger charge is 2.46. The van der Waals surface area contributed by atoms with Crippen molar-refractivity contribution in [2.24, 2.45) is 0 Å². The van der Waals surface area contributed by atoms with Gasteiger partial charge in [0, 0.05) is 36.7 Å². The molecule has 158 valence electrons. The quantitative estimate of drug-likeness (QED) is 0.552. The van der Waals surface area contributed by atoms with E-state index in [0.717, 1.165) is 41.9 Å². The molecule has 0 aliphatic carbocycles. The van der Waals surface area contributed by atoms with Crippen LogP contribution < -0.4 is 4.74 Å². The second-order valence-corrected chi connectivity index (χ2v) is 11.3. The lowest BCUT2D eigenvalue weighted by atomic mass is 10.1. The van der Waals surface area contributed by atoms with E-state index in [0.29, 0.717) is 22.8 Å². The lowest BCUT2D eigenvalue weighted by Gasteiger charge is -2.32. The van der Waals surface area contributed by atoms with Gasteiger partial charge in [0.05, 0.1) is 16.5 Å². The first-order chi connectivity index (χ1) is 14.3. The van der Waals surface area contributed by atoms with Crippen molar-refractivity contribution >= 4 is 43.2 Å². The molecule has 2 aliphatic heterocycles. The van der Waals surface area contributed by atoms with Gasteiger partial charge < -0.3 is 4.74 Å². The molecule has 2 fully saturated rings. The standard InChI is InChI=1S/C21H22ClN3O3S2/c1-30(26,27)25-13-16-11-17(25)12-24(16)9-8-14-2-5-18(6-3-14)28-21-23-19-7-4-15(22)10-20(19)29-21/h2-7,10,16-17H,8-9,11-13H2,1H3/t16-,17-/m0/s1. The molecule has 2 aromatic carbocycles. The molecule has 1 aromatic heterocycles. The minimum atomic E-state index is -3.08. The van der Waals surface area contributed by atoms with E-state index in [2.05, 4.69) is 22.0 Å². The summed E-state index contributed by atoms with van der Waals surface area (Å²) < 4.78 is 32.2. The fourth-order valence-electron chi connectivity index (χ4n) is 4.41. The van der Waals surface area contributed by atoms with Crippen molar-refractivity contribution in [1.29, 1.82) is 0 Å². The fourth-order valence-corrected chi connectivity index (χ4v) is 6.66. The molecule has 2 bridgehead atoms. The van der Waals surface area contributed by atoms with Crippen LogP contribution in [0, 0.1) is 0 Å². The van der Waals surface area contributed by atoms with Crippen molar-refractivity contribution in [3.8, 4) is 10.9 Å². The van der Waals surface area contributed by atoms with Crippen molar-refractivity contribution in [2.45, 2.75) is 24.9 Å². The van der Waals surface area contributed by atoms with Crippen molar-refractivity contribution in [2.75, 3.05) is 25.9 Å². The van der Waals surface area contributed by atoms with E-state index in [1.165, 1.54) is 23.2 Å². The van der Waals surface area contributed by atoms with Gasteiger partial charge in [-0.2, -0.15) is 4.31 Å². The molecular weight excluding hydrogens is 442 g/mol. The molecule has 0 spiro atoms. The average Bonchev–Trinajstić information content (AvgIpc) is 3.40. The smallest absolute Gasteiger partial charge is 0.279 e. The third-order valence-electron chi connectivity index (χ3n) is 5.88. The number of rotatable bonds is 6. The van der Waals surface area contributed by atoms with Crippen LogP contribution in [0.15, 0.2) is 42.5 Å². The van der Waals surface area contributed by atoms with Gasteiger partial charge in [-0.25, -0.2) is 13.4 Å². The number of likely N-dealkylation sites (tertiary alicyclic amines) is 1. The zero-order chi connectivity index (χ0) is 20.9. The number of fused-ring (bicyclic) bond motifs is 3. The molecule has 0 unspecified atom stereocenters. The maximum absolute atomic E-state index is 11.8. The van der Waals surface area contributed by atoms with Crippen molar-refractivity contribution in [3.05, 3.63) is 53.1 Å². The molecule has 0 amide bonds. The van der Waals surface area contributed by atoms with Crippen LogP contribution >= 0.6 is 22.9 Å². The topological polar surface area (TPSA) is 62.7 Å². The fraction of sp³-hybridized carbons (Fsp3) is 0.381. The van der Waals surface area contributed by atoms with E-state index in [1.807, 2.05) is 30.3 Å². The summed E-state index contributed by atoms with van der Waals surface area (Å²) in [6.45, 7) is 2.40. The van der Waals surface area contributed by atoms with Crippen LogP contribution in [0.25, 0.3) is 10.2 Å². The van der Waals surface area contributed by atoms with E-state index in [-0.39, 0.29) is 6.04 Å². The highest BCUT2D eigenvalue weighted by atomic mass is 35.5. The van der Waals surface area contributed by atoms with Crippen molar-refractivity contribution < 1.29 is 13.2 Å². The second-order valence-electron chi connectivity index (χ2n) is 7.96. The summed E-state index contributed by atoms with van der Waals surface area (Å²) in [5.74, 6) is 0.757. The third kappa shape index (κ3) is 4.07. The number of hydrogen-bond donors (Lipinski definition) is 0. The number of ether oxygens (including phenoxy) is 1. The molecule has 2 atom stereocenters. The van der Waals surface area contributed by atoms with Gasteiger partial charge >= 0.3 is 0 Å². The summed E-state index contributed by atoms with van der Waals surface area (Å²) in [4.78, 5) is 6.91. The largest absolute Gasteiger partial charge is 0.431 e. The Bertz CT molecular complexity index is 1180. The summed E-state index contributed by atoms with van der Waals surface area (Å²) in [6.07, 6.45) is 3.19. The summed E-state index contributed by atoms with van der Waals surface area (Å²) in [5, 5.41) is 1.29. The monoisotopic (exact) mass is 463 g/mol. The van der Waals surface area contributed by atoms with Gasteiger partial charge in [-0.15, -0.1) is 0 Å². The minimum absolute atomic E-state index is 0.143. The molecule has 3 aromatic rings. The number of benzene rings is 2. The molecule has 2 aliphatic rings. The molecule has 0 N–H and O–H groups in total. The number of hydrogen-bond acceptors (Lipinski definition) is 6. The number of piperazine rings is 1. The minimum Gasteiger partial charge on any atom is -0.431 e. The Morgan fingerprint density at radius 2 is 1.97 bits per heavy atom.